The van der Waals surface area contributed by atoms with Crippen molar-refractivity contribution in [3.05, 3.63) is 46.8 Å². The number of aromatic nitrogens is 1. The molecule has 0 fully saturated rings. The van der Waals surface area contributed by atoms with Gasteiger partial charge < -0.3 is 53.0 Å². The lowest BCUT2D eigenvalue weighted by Crippen LogP contribution is -2.38. The highest BCUT2D eigenvalue weighted by Crippen LogP contribution is 2.50. The van der Waals surface area contributed by atoms with E-state index in [1.165, 1.54) is 72.6 Å². The summed E-state index contributed by atoms with van der Waals surface area (Å²) in [6.07, 6.45) is -2.98. The van der Waals surface area contributed by atoms with E-state index >= 15 is 0 Å². The lowest BCUT2D eigenvalue weighted by atomic mass is 9.75. The number of aliphatic carboxylic acids is 2. The summed E-state index contributed by atoms with van der Waals surface area (Å²) in [6.45, 7) is 7.97. The third-order valence-corrected chi connectivity index (χ3v) is 8.48. The molecule has 298 valence electrons. The summed E-state index contributed by atoms with van der Waals surface area (Å²) in [6, 6.07) is 6.44. The normalized spacial score (nSPS) is 13.0. The zero-order valence-corrected chi connectivity index (χ0v) is 32.5. The van der Waals surface area contributed by atoms with Crippen molar-refractivity contribution in [2.45, 2.75) is 46.8 Å². The average molecular weight is 753 g/mol. The first-order chi connectivity index (χ1) is 25.0. The minimum Gasteiger partial charge on any atom is -0.497 e. The van der Waals surface area contributed by atoms with E-state index in [9.17, 15) is 29.4 Å². The molecular formula is C37H56N2O14. The molecule has 0 aliphatic rings. The second-order valence-corrected chi connectivity index (χ2v) is 13.2. The van der Waals surface area contributed by atoms with Gasteiger partial charge in [-0.25, -0.2) is 4.79 Å². The number of carboxylic acid groups (broad SMARTS) is 2. The molecule has 0 spiro atoms. The van der Waals surface area contributed by atoms with Crippen molar-refractivity contribution in [2.75, 3.05) is 94.9 Å². The molecule has 0 saturated carbocycles. The number of carbonyl (C=O) groups is 4. The first kappa shape index (κ1) is 45.1. The van der Waals surface area contributed by atoms with Gasteiger partial charge in [0.15, 0.2) is 0 Å². The minimum atomic E-state index is -1.80. The Morgan fingerprint density at radius 2 is 1.13 bits per heavy atom. The van der Waals surface area contributed by atoms with Gasteiger partial charge in [0.1, 0.15) is 29.3 Å². The smallest absolute Gasteiger partial charge is 0.355 e. The number of amides is 1. The monoisotopic (exact) mass is 752 g/mol. The van der Waals surface area contributed by atoms with E-state index in [-0.39, 0.29) is 74.5 Å². The van der Waals surface area contributed by atoms with E-state index in [0.29, 0.717) is 19.0 Å². The highest BCUT2D eigenvalue weighted by Gasteiger charge is 2.51. The molecule has 2 aromatic rings. The summed E-state index contributed by atoms with van der Waals surface area (Å²) in [5, 5.41) is 21.3. The van der Waals surface area contributed by atoms with Gasteiger partial charge >= 0.3 is 17.9 Å². The molecule has 0 aliphatic carbocycles. The highest BCUT2D eigenvalue weighted by atomic mass is 16.6. The molecule has 0 saturated heterocycles. The zero-order chi connectivity index (χ0) is 39.9. The van der Waals surface area contributed by atoms with Crippen LogP contribution in [0.15, 0.2) is 24.3 Å². The summed E-state index contributed by atoms with van der Waals surface area (Å²) < 4.78 is 46.3. The van der Waals surface area contributed by atoms with Gasteiger partial charge in [-0.05, 0) is 58.9 Å². The van der Waals surface area contributed by atoms with Crippen LogP contribution in [0.25, 0.3) is 5.69 Å². The molecule has 0 aliphatic heterocycles. The van der Waals surface area contributed by atoms with E-state index in [0.717, 1.165) is 0 Å². The fourth-order valence-corrected chi connectivity index (χ4v) is 5.42. The number of hydrogen-bond acceptors (Lipinski definition) is 12. The van der Waals surface area contributed by atoms with Crippen LogP contribution in [0, 0.1) is 10.8 Å². The third kappa shape index (κ3) is 11.2. The Hall–Kier alpha value is -4.06. The molecule has 1 aromatic heterocycles. The standard InChI is InChI=1S/C37H56N2O14/c1-11-51-33(41)29-27(31(37(4,5)35(44)45)53-23-21-50-19-17-47-9)26(30(36(2,3)34(42)43)52-22-20-49-18-16-46-8)28(32(40)38(6)7)39(29)24-12-14-25(48-10)15-13-24/h12-15,30-31H,11,16-23H2,1-10H3,(H,42,43)(H,44,45). The van der Waals surface area contributed by atoms with Gasteiger partial charge in [0, 0.05) is 45.1 Å². The van der Waals surface area contributed by atoms with Crippen molar-refractivity contribution in [3.8, 4) is 11.4 Å². The molecule has 2 unspecified atom stereocenters. The van der Waals surface area contributed by atoms with Gasteiger partial charge in [0.05, 0.1) is 77.4 Å². The summed E-state index contributed by atoms with van der Waals surface area (Å²) >= 11 is 0. The Labute approximate surface area is 311 Å². The quantitative estimate of drug-likeness (QED) is 0.109. The molecule has 1 aromatic carbocycles. The Balaban J connectivity index is 3.26. The zero-order valence-electron chi connectivity index (χ0n) is 32.5. The van der Waals surface area contributed by atoms with Crippen LogP contribution in [-0.2, 0) is 42.7 Å². The summed E-state index contributed by atoms with van der Waals surface area (Å²) in [5.74, 6) is -3.69. The molecule has 2 rings (SSSR count). The fourth-order valence-electron chi connectivity index (χ4n) is 5.42. The molecule has 0 radical (unpaired) electrons. The Kier molecular flexibility index (Phi) is 17.9. The summed E-state index contributed by atoms with van der Waals surface area (Å²) in [4.78, 5) is 56.3. The van der Waals surface area contributed by atoms with Crippen LogP contribution in [0.3, 0.4) is 0 Å². The number of carbonyl (C=O) groups excluding carboxylic acids is 2. The van der Waals surface area contributed by atoms with Crippen LogP contribution in [0.1, 0.15) is 78.9 Å². The minimum absolute atomic E-state index is 0.0155. The summed E-state index contributed by atoms with van der Waals surface area (Å²) in [7, 11) is 7.51. The van der Waals surface area contributed by atoms with Gasteiger partial charge in [-0.1, -0.05) is 0 Å². The van der Waals surface area contributed by atoms with Crippen molar-refractivity contribution < 1.29 is 67.3 Å². The van der Waals surface area contributed by atoms with E-state index in [4.69, 9.17) is 37.9 Å². The third-order valence-electron chi connectivity index (χ3n) is 8.48. The number of methoxy groups -OCH3 is 3. The molecular weight excluding hydrogens is 696 g/mol. The Bertz CT molecular complexity index is 1500. The number of ether oxygens (including phenoxy) is 8. The fraction of sp³-hybridized carbons (Fsp3) is 0.622. The van der Waals surface area contributed by atoms with Crippen LogP contribution in [-0.4, -0.2) is 138 Å². The van der Waals surface area contributed by atoms with Gasteiger partial charge in [-0.2, -0.15) is 0 Å². The van der Waals surface area contributed by atoms with Crippen LogP contribution in [0.2, 0.25) is 0 Å². The van der Waals surface area contributed by atoms with E-state index < -0.39 is 46.9 Å². The molecule has 2 N–H and O–H groups in total. The van der Waals surface area contributed by atoms with Crippen LogP contribution in [0.5, 0.6) is 5.75 Å². The van der Waals surface area contributed by atoms with Crippen molar-refractivity contribution in [3.63, 3.8) is 0 Å². The molecule has 53 heavy (non-hydrogen) atoms. The number of esters is 1. The lowest BCUT2D eigenvalue weighted by molar-refractivity contribution is -0.161. The first-order valence-electron chi connectivity index (χ1n) is 17.2. The molecule has 2 atom stereocenters. The van der Waals surface area contributed by atoms with Gasteiger partial charge in [-0.15, -0.1) is 0 Å². The maximum atomic E-state index is 14.5. The lowest BCUT2D eigenvalue weighted by Gasteiger charge is -2.36. The van der Waals surface area contributed by atoms with Gasteiger partial charge in [0.2, 0.25) is 0 Å². The van der Waals surface area contributed by atoms with Gasteiger partial charge in [0.25, 0.3) is 5.91 Å². The number of rotatable bonds is 25. The molecule has 16 heteroatoms. The Morgan fingerprint density at radius 1 is 0.698 bits per heavy atom. The van der Waals surface area contributed by atoms with E-state index in [2.05, 4.69) is 0 Å². The second kappa shape index (κ2) is 21.0. The SMILES string of the molecule is CCOC(=O)c1c(C(OCCOCCOC)C(C)(C)C(=O)O)c(C(OCCOCCOC)C(C)(C)C(=O)O)c(C(=O)N(C)C)n1-c1ccc(OC)cc1. The predicted octanol–water partition coefficient (Wildman–Crippen LogP) is 4.03. The highest BCUT2D eigenvalue weighted by molar-refractivity contribution is 6.01. The van der Waals surface area contributed by atoms with Gasteiger partial charge in [-0.3, -0.25) is 19.0 Å². The number of benzene rings is 1. The first-order valence-corrected chi connectivity index (χ1v) is 17.2. The second-order valence-electron chi connectivity index (χ2n) is 13.2. The average Bonchev–Trinajstić information content (AvgIpc) is 3.45. The summed E-state index contributed by atoms with van der Waals surface area (Å²) in [5.41, 5.74) is -3.86. The van der Waals surface area contributed by atoms with E-state index in [1.807, 2.05) is 0 Å². The molecule has 1 amide bonds. The number of hydrogen-bond donors (Lipinski definition) is 2. The number of nitrogens with zero attached hydrogens (tertiary/aromatic N) is 2. The van der Waals surface area contributed by atoms with Crippen molar-refractivity contribution in [1.82, 2.24) is 9.47 Å². The largest absolute Gasteiger partial charge is 0.497 e. The van der Waals surface area contributed by atoms with E-state index in [1.54, 1.807) is 31.2 Å². The topological polar surface area (TPSA) is 191 Å². The van der Waals surface area contributed by atoms with Crippen molar-refractivity contribution in [2.24, 2.45) is 10.8 Å². The van der Waals surface area contributed by atoms with Crippen LogP contribution < -0.4 is 4.74 Å². The predicted molar refractivity (Wildman–Crippen MR) is 192 cm³/mol. The van der Waals surface area contributed by atoms with Crippen LogP contribution >= 0.6 is 0 Å². The van der Waals surface area contributed by atoms with Crippen LogP contribution in [0.4, 0.5) is 0 Å². The van der Waals surface area contributed by atoms with Crippen molar-refractivity contribution >= 4 is 23.8 Å². The number of carboxylic acids is 2. The molecule has 0 bridgehead atoms. The van der Waals surface area contributed by atoms with Crippen molar-refractivity contribution in [1.29, 1.82) is 0 Å². The molecule has 16 nitrogen and oxygen atoms in total. The maximum Gasteiger partial charge on any atom is 0.355 e. The Morgan fingerprint density at radius 3 is 1.51 bits per heavy atom. The maximum absolute atomic E-state index is 14.5. The molecule has 1 heterocycles.